The lowest BCUT2D eigenvalue weighted by Gasteiger charge is -2.26. The van der Waals surface area contributed by atoms with E-state index in [0.29, 0.717) is 12.1 Å². The summed E-state index contributed by atoms with van der Waals surface area (Å²) in [7, 11) is 1.97. The molecular weight excluding hydrogens is 205 g/mol. The van der Waals surface area contributed by atoms with Crippen LogP contribution >= 0.6 is 0 Å². The van der Waals surface area contributed by atoms with Gasteiger partial charge < -0.3 is 10.0 Å². The van der Waals surface area contributed by atoms with Crippen LogP contribution < -0.4 is 0 Å². The first-order chi connectivity index (χ1) is 7.29. The lowest BCUT2D eigenvalue weighted by molar-refractivity contribution is 0.218. The molecule has 0 aliphatic heterocycles. The molecule has 0 atom stereocenters. The Balaban J connectivity index is 2.70. The Hall–Kier alpha value is -1.09. The maximum Gasteiger partial charge on any atom is 0.165 e. The molecule has 0 aliphatic carbocycles. The fourth-order valence-electron chi connectivity index (χ4n) is 1.84. The Kier molecular flexibility index (Phi) is 3.92. The summed E-state index contributed by atoms with van der Waals surface area (Å²) in [4.78, 5) is 2.08. The van der Waals surface area contributed by atoms with Gasteiger partial charge in [0, 0.05) is 18.7 Å². The molecule has 90 valence electrons. The van der Waals surface area contributed by atoms with Gasteiger partial charge in [0.25, 0.3) is 0 Å². The van der Waals surface area contributed by atoms with Gasteiger partial charge in [-0.05, 0) is 18.5 Å². The molecule has 0 bridgehead atoms. The number of benzene rings is 1. The molecule has 0 spiro atoms. The van der Waals surface area contributed by atoms with Crippen molar-refractivity contribution in [1.29, 1.82) is 0 Å². The SMILES string of the molecule is CN(Cc1cccc(F)c1O)CC(C)(C)C. The highest BCUT2D eigenvalue weighted by atomic mass is 19.1. The number of hydrogen-bond donors (Lipinski definition) is 1. The zero-order valence-electron chi connectivity index (χ0n) is 10.4. The van der Waals surface area contributed by atoms with Crippen LogP contribution in [0.2, 0.25) is 0 Å². The molecule has 0 aromatic heterocycles. The van der Waals surface area contributed by atoms with Crippen LogP contribution in [0.5, 0.6) is 5.75 Å². The molecule has 1 aromatic rings. The molecule has 16 heavy (non-hydrogen) atoms. The monoisotopic (exact) mass is 225 g/mol. The lowest BCUT2D eigenvalue weighted by atomic mass is 9.96. The van der Waals surface area contributed by atoms with Gasteiger partial charge in [-0.15, -0.1) is 0 Å². The molecule has 0 radical (unpaired) electrons. The van der Waals surface area contributed by atoms with Gasteiger partial charge in [-0.2, -0.15) is 0 Å². The third kappa shape index (κ3) is 3.81. The molecule has 0 amide bonds. The minimum Gasteiger partial charge on any atom is -0.505 e. The van der Waals surface area contributed by atoms with Gasteiger partial charge in [0.1, 0.15) is 0 Å². The first kappa shape index (κ1) is 13.0. The van der Waals surface area contributed by atoms with Gasteiger partial charge in [0.2, 0.25) is 0 Å². The molecule has 0 unspecified atom stereocenters. The van der Waals surface area contributed by atoms with E-state index in [0.717, 1.165) is 6.54 Å². The van der Waals surface area contributed by atoms with Crippen molar-refractivity contribution < 1.29 is 9.50 Å². The zero-order valence-corrected chi connectivity index (χ0v) is 10.4. The molecule has 0 fully saturated rings. The van der Waals surface area contributed by atoms with Crippen LogP contribution in [-0.2, 0) is 6.54 Å². The Morgan fingerprint density at radius 1 is 1.31 bits per heavy atom. The van der Waals surface area contributed by atoms with Gasteiger partial charge in [-0.3, -0.25) is 0 Å². The van der Waals surface area contributed by atoms with Crippen LogP contribution in [0.15, 0.2) is 18.2 Å². The van der Waals surface area contributed by atoms with E-state index >= 15 is 0 Å². The second-order valence-electron chi connectivity index (χ2n) is 5.48. The third-order valence-electron chi connectivity index (χ3n) is 2.25. The number of phenols is 1. The maximum absolute atomic E-state index is 13.1. The van der Waals surface area contributed by atoms with Crippen LogP contribution in [-0.4, -0.2) is 23.6 Å². The maximum atomic E-state index is 13.1. The van der Waals surface area contributed by atoms with Crippen LogP contribution in [0.25, 0.3) is 0 Å². The van der Waals surface area contributed by atoms with E-state index < -0.39 is 5.82 Å². The molecule has 0 saturated carbocycles. The highest BCUT2D eigenvalue weighted by Crippen LogP contribution is 2.23. The van der Waals surface area contributed by atoms with Crippen molar-refractivity contribution in [3.05, 3.63) is 29.6 Å². The number of aromatic hydroxyl groups is 1. The van der Waals surface area contributed by atoms with Gasteiger partial charge >= 0.3 is 0 Å². The van der Waals surface area contributed by atoms with Gasteiger partial charge in [-0.1, -0.05) is 32.9 Å². The van der Waals surface area contributed by atoms with Crippen molar-refractivity contribution in [2.24, 2.45) is 5.41 Å². The van der Waals surface area contributed by atoms with Gasteiger partial charge in [-0.25, -0.2) is 4.39 Å². The van der Waals surface area contributed by atoms with Crippen LogP contribution in [0.3, 0.4) is 0 Å². The van der Waals surface area contributed by atoms with Crippen LogP contribution in [0, 0.1) is 11.2 Å². The molecule has 0 saturated heterocycles. The van der Waals surface area contributed by atoms with Crippen molar-refractivity contribution in [2.45, 2.75) is 27.3 Å². The zero-order chi connectivity index (χ0) is 12.3. The summed E-state index contributed by atoms with van der Waals surface area (Å²) in [5.41, 5.74) is 0.823. The van der Waals surface area contributed by atoms with E-state index in [4.69, 9.17) is 0 Å². The summed E-state index contributed by atoms with van der Waals surface area (Å²) in [6.45, 7) is 7.89. The quantitative estimate of drug-likeness (QED) is 0.854. The highest BCUT2D eigenvalue weighted by molar-refractivity contribution is 5.33. The fraction of sp³-hybridized carbons (Fsp3) is 0.538. The second-order valence-corrected chi connectivity index (χ2v) is 5.48. The van der Waals surface area contributed by atoms with Crippen molar-refractivity contribution in [1.82, 2.24) is 4.90 Å². The normalized spacial score (nSPS) is 12.1. The first-order valence-electron chi connectivity index (χ1n) is 5.44. The van der Waals surface area contributed by atoms with Gasteiger partial charge in [0.15, 0.2) is 11.6 Å². The highest BCUT2D eigenvalue weighted by Gasteiger charge is 2.15. The summed E-state index contributed by atoms with van der Waals surface area (Å²) in [5.74, 6) is -0.787. The number of para-hydroxylation sites is 1. The van der Waals surface area contributed by atoms with E-state index in [2.05, 4.69) is 25.7 Å². The second kappa shape index (κ2) is 4.83. The minimum atomic E-state index is -0.554. The van der Waals surface area contributed by atoms with Crippen LogP contribution in [0.1, 0.15) is 26.3 Å². The minimum absolute atomic E-state index is 0.192. The summed E-state index contributed by atoms with van der Waals surface area (Å²) >= 11 is 0. The summed E-state index contributed by atoms with van der Waals surface area (Å²) in [5, 5.41) is 9.54. The molecule has 1 rings (SSSR count). The van der Waals surface area contributed by atoms with Crippen molar-refractivity contribution in [3.63, 3.8) is 0 Å². The van der Waals surface area contributed by atoms with E-state index in [9.17, 15) is 9.50 Å². The van der Waals surface area contributed by atoms with Crippen LogP contribution in [0.4, 0.5) is 4.39 Å². The van der Waals surface area contributed by atoms with E-state index in [1.165, 1.54) is 6.07 Å². The number of rotatable bonds is 3. The molecule has 3 heteroatoms. The lowest BCUT2D eigenvalue weighted by Crippen LogP contribution is -2.28. The Morgan fingerprint density at radius 2 is 1.94 bits per heavy atom. The summed E-state index contributed by atoms with van der Waals surface area (Å²) in [6, 6.07) is 4.63. The molecule has 0 heterocycles. The van der Waals surface area contributed by atoms with Gasteiger partial charge in [0.05, 0.1) is 0 Å². The standard InChI is InChI=1S/C13H20FNO/c1-13(2,3)9-15(4)8-10-6-5-7-11(14)12(10)16/h5-7,16H,8-9H2,1-4H3. The smallest absolute Gasteiger partial charge is 0.165 e. The number of halogens is 1. The predicted molar refractivity (Wildman–Crippen MR) is 63.9 cm³/mol. The molecule has 1 N–H and O–H groups in total. The predicted octanol–water partition coefficient (Wildman–Crippen LogP) is 3.01. The Labute approximate surface area is 96.7 Å². The first-order valence-corrected chi connectivity index (χ1v) is 5.44. The molecule has 1 aromatic carbocycles. The fourth-order valence-corrected chi connectivity index (χ4v) is 1.84. The number of phenolic OH excluding ortho intramolecular Hbond substituents is 1. The number of nitrogens with zero attached hydrogens (tertiary/aromatic N) is 1. The van der Waals surface area contributed by atoms with Crippen molar-refractivity contribution in [3.8, 4) is 5.75 Å². The Bertz CT molecular complexity index is 357. The molecular formula is C13H20FNO. The topological polar surface area (TPSA) is 23.5 Å². The van der Waals surface area contributed by atoms with E-state index in [1.54, 1.807) is 12.1 Å². The summed E-state index contributed by atoms with van der Waals surface area (Å²) in [6.07, 6.45) is 0. The third-order valence-corrected chi connectivity index (χ3v) is 2.25. The van der Waals surface area contributed by atoms with E-state index in [-0.39, 0.29) is 11.2 Å². The van der Waals surface area contributed by atoms with E-state index in [1.807, 2.05) is 7.05 Å². The number of hydrogen-bond acceptors (Lipinski definition) is 2. The average molecular weight is 225 g/mol. The van der Waals surface area contributed by atoms with Crippen molar-refractivity contribution in [2.75, 3.05) is 13.6 Å². The molecule has 2 nitrogen and oxygen atoms in total. The van der Waals surface area contributed by atoms with Crippen molar-refractivity contribution >= 4 is 0 Å². The largest absolute Gasteiger partial charge is 0.505 e. The molecule has 0 aliphatic rings. The average Bonchev–Trinajstić information content (AvgIpc) is 2.09. The Morgan fingerprint density at radius 3 is 2.50 bits per heavy atom. The summed E-state index contributed by atoms with van der Waals surface area (Å²) < 4.78 is 13.1.